The topological polar surface area (TPSA) is 74.6 Å². The zero-order valence-corrected chi connectivity index (χ0v) is 9.19. The lowest BCUT2D eigenvalue weighted by Gasteiger charge is -2.37. The minimum absolute atomic E-state index is 0.177. The van der Waals surface area contributed by atoms with Crippen molar-refractivity contribution in [2.75, 3.05) is 0 Å². The maximum Gasteiger partial charge on any atom is 0.321 e. The monoisotopic (exact) mass is 214 g/mol. The molecule has 0 spiro atoms. The van der Waals surface area contributed by atoms with Gasteiger partial charge in [-0.25, -0.2) is 0 Å². The summed E-state index contributed by atoms with van der Waals surface area (Å²) in [7, 11) is 0. The lowest BCUT2D eigenvalue weighted by atomic mass is 9.65. The van der Waals surface area contributed by atoms with Crippen molar-refractivity contribution in [2.24, 2.45) is 17.3 Å². The number of hydrogen-bond acceptors (Lipinski definition) is 2. The first-order valence-corrected chi connectivity index (χ1v) is 5.37. The molecule has 0 aromatic rings. The molecule has 4 nitrogen and oxygen atoms in total. The maximum atomic E-state index is 11.1. The van der Waals surface area contributed by atoms with Crippen LogP contribution in [-0.4, -0.2) is 22.2 Å². The molecule has 0 amide bonds. The first-order valence-electron chi connectivity index (χ1n) is 5.37. The van der Waals surface area contributed by atoms with E-state index in [0.29, 0.717) is 6.42 Å². The molecule has 15 heavy (non-hydrogen) atoms. The van der Waals surface area contributed by atoms with Crippen molar-refractivity contribution in [1.29, 1.82) is 0 Å². The first kappa shape index (κ1) is 12.0. The summed E-state index contributed by atoms with van der Waals surface area (Å²) in [5.41, 5.74) is -1.63. The highest BCUT2D eigenvalue weighted by Gasteiger charge is 2.50. The molecule has 0 bridgehead atoms. The van der Waals surface area contributed by atoms with Crippen LogP contribution in [0.5, 0.6) is 0 Å². The average molecular weight is 214 g/mol. The summed E-state index contributed by atoms with van der Waals surface area (Å²) >= 11 is 0. The van der Waals surface area contributed by atoms with Gasteiger partial charge in [-0.15, -0.1) is 0 Å². The van der Waals surface area contributed by atoms with E-state index in [1.807, 2.05) is 6.92 Å². The third-order valence-corrected chi connectivity index (χ3v) is 3.74. The van der Waals surface area contributed by atoms with Crippen LogP contribution in [0.1, 0.15) is 39.5 Å². The fraction of sp³-hybridized carbons (Fsp3) is 0.818. The standard InChI is InChI=1S/C11H18O4/c1-7-5-3-4-6-8(7)11(2,9(12)13)10(14)15/h7-8H,3-6H2,1-2H3,(H,12,13)(H,14,15)/t7-,8-/m0/s1. The van der Waals surface area contributed by atoms with Crippen LogP contribution in [0.2, 0.25) is 0 Å². The predicted octanol–water partition coefficient (Wildman–Crippen LogP) is 1.99. The van der Waals surface area contributed by atoms with Crippen molar-refractivity contribution < 1.29 is 19.8 Å². The van der Waals surface area contributed by atoms with E-state index in [1.165, 1.54) is 6.92 Å². The van der Waals surface area contributed by atoms with Gasteiger partial charge in [0.1, 0.15) is 0 Å². The van der Waals surface area contributed by atoms with Crippen molar-refractivity contribution in [2.45, 2.75) is 39.5 Å². The van der Waals surface area contributed by atoms with Gasteiger partial charge in [-0.2, -0.15) is 0 Å². The third kappa shape index (κ3) is 1.98. The summed E-state index contributed by atoms with van der Waals surface area (Å²) in [4.78, 5) is 22.3. The van der Waals surface area contributed by atoms with E-state index in [4.69, 9.17) is 10.2 Å². The number of carboxylic acids is 2. The SMILES string of the molecule is C[C@H]1CCCC[C@@H]1C(C)(C(=O)O)C(=O)O. The number of hydrogen-bond donors (Lipinski definition) is 2. The van der Waals surface area contributed by atoms with E-state index in [-0.39, 0.29) is 11.8 Å². The second kappa shape index (κ2) is 4.21. The summed E-state index contributed by atoms with van der Waals surface area (Å²) in [6, 6.07) is 0. The molecule has 86 valence electrons. The highest BCUT2D eigenvalue weighted by Crippen LogP contribution is 2.42. The quantitative estimate of drug-likeness (QED) is 0.704. The van der Waals surface area contributed by atoms with E-state index in [9.17, 15) is 9.59 Å². The first-order chi connectivity index (χ1) is 6.90. The molecule has 0 heterocycles. The highest BCUT2D eigenvalue weighted by molar-refractivity contribution is 5.98. The number of carbonyl (C=O) groups is 2. The van der Waals surface area contributed by atoms with Crippen LogP contribution in [0.25, 0.3) is 0 Å². The summed E-state index contributed by atoms with van der Waals surface area (Å²) in [6.07, 6.45) is 3.65. The van der Waals surface area contributed by atoms with Crippen LogP contribution < -0.4 is 0 Å². The van der Waals surface area contributed by atoms with E-state index in [2.05, 4.69) is 0 Å². The van der Waals surface area contributed by atoms with Crippen molar-refractivity contribution in [3.63, 3.8) is 0 Å². The molecular weight excluding hydrogens is 196 g/mol. The van der Waals surface area contributed by atoms with Gasteiger partial charge < -0.3 is 10.2 Å². The molecule has 2 atom stereocenters. The van der Waals surface area contributed by atoms with Crippen LogP contribution in [0.4, 0.5) is 0 Å². The Labute approximate surface area is 89.3 Å². The Bertz CT molecular complexity index is 258. The van der Waals surface area contributed by atoms with E-state index in [1.54, 1.807) is 0 Å². The summed E-state index contributed by atoms with van der Waals surface area (Å²) < 4.78 is 0. The van der Waals surface area contributed by atoms with Gasteiger partial charge >= 0.3 is 11.9 Å². The zero-order chi connectivity index (χ0) is 11.6. The van der Waals surface area contributed by atoms with Crippen LogP contribution in [0.3, 0.4) is 0 Å². The summed E-state index contributed by atoms with van der Waals surface area (Å²) in [5, 5.41) is 18.2. The second-order valence-electron chi connectivity index (χ2n) is 4.68. The van der Waals surface area contributed by atoms with Crippen LogP contribution >= 0.6 is 0 Å². The van der Waals surface area contributed by atoms with Crippen LogP contribution in [0, 0.1) is 17.3 Å². The average Bonchev–Trinajstić information content (AvgIpc) is 2.16. The Morgan fingerprint density at radius 1 is 1.13 bits per heavy atom. The molecule has 2 N–H and O–H groups in total. The van der Waals surface area contributed by atoms with Crippen LogP contribution in [-0.2, 0) is 9.59 Å². The maximum absolute atomic E-state index is 11.1. The van der Waals surface area contributed by atoms with Crippen molar-refractivity contribution >= 4 is 11.9 Å². The van der Waals surface area contributed by atoms with Gasteiger partial charge in [-0.1, -0.05) is 26.2 Å². The third-order valence-electron chi connectivity index (χ3n) is 3.74. The summed E-state index contributed by atoms with van der Waals surface area (Å²) in [5.74, 6) is -2.50. The second-order valence-corrected chi connectivity index (χ2v) is 4.68. The largest absolute Gasteiger partial charge is 0.480 e. The molecule has 0 aromatic heterocycles. The fourth-order valence-corrected chi connectivity index (χ4v) is 2.58. The number of rotatable bonds is 3. The minimum Gasteiger partial charge on any atom is -0.480 e. The Hall–Kier alpha value is -1.06. The van der Waals surface area contributed by atoms with Gasteiger partial charge in [-0.05, 0) is 25.2 Å². The molecule has 0 unspecified atom stereocenters. The Kier molecular flexibility index (Phi) is 3.37. The summed E-state index contributed by atoms with van der Waals surface area (Å²) in [6.45, 7) is 3.29. The highest BCUT2D eigenvalue weighted by atomic mass is 16.4. The lowest BCUT2D eigenvalue weighted by Crippen LogP contribution is -2.46. The van der Waals surface area contributed by atoms with Gasteiger partial charge in [0.05, 0.1) is 0 Å². The molecule has 1 aliphatic rings. The molecule has 0 aliphatic heterocycles. The van der Waals surface area contributed by atoms with Crippen molar-refractivity contribution in [1.82, 2.24) is 0 Å². The minimum atomic E-state index is -1.63. The lowest BCUT2D eigenvalue weighted by molar-refractivity contribution is -0.170. The smallest absolute Gasteiger partial charge is 0.321 e. The molecule has 0 radical (unpaired) electrons. The normalized spacial score (nSPS) is 27.3. The Morgan fingerprint density at radius 3 is 2.00 bits per heavy atom. The molecule has 0 saturated heterocycles. The zero-order valence-electron chi connectivity index (χ0n) is 9.19. The molecule has 0 aromatic carbocycles. The van der Waals surface area contributed by atoms with E-state index in [0.717, 1.165) is 19.3 Å². The van der Waals surface area contributed by atoms with Gasteiger partial charge in [0.25, 0.3) is 0 Å². The number of aliphatic carboxylic acids is 2. The van der Waals surface area contributed by atoms with E-state index >= 15 is 0 Å². The fourth-order valence-electron chi connectivity index (χ4n) is 2.58. The van der Waals surface area contributed by atoms with Gasteiger partial charge in [0.15, 0.2) is 5.41 Å². The van der Waals surface area contributed by atoms with E-state index < -0.39 is 17.4 Å². The molecule has 1 aliphatic carbocycles. The number of carboxylic acid groups (broad SMARTS) is 2. The molecule has 1 rings (SSSR count). The molecule has 4 heteroatoms. The van der Waals surface area contributed by atoms with Crippen molar-refractivity contribution in [3.05, 3.63) is 0 Å². The van der Waals surface area contributed by atoms with Crippen LogP contribution in [0.15, 0.2) is 0 Å². The van der Waals surface area contributed by atoms with Crippen molar-refractivity contribution in [3.8, 4) is 0 Å². The predicted molar refractivity (Wildman–Crippen MR) is 54.5 cm³/mol. The Balaban J connectivity index is 2.97. The Morgan fingerprint density at radius 2 is 1.60 bits per heavy atom. The van der Waals surface area contributed by atoms with Gasteiger partial charge in [0, 0.05) is 0 Å². The molecular formula is C11H18O4. The molecule has 1 saturated carbocycles. The van der Waals surface area contributed by atoms with Gasteiger partial charge in [0.2, 0.25) is 0 Å². The van der Waals surface area contributed by atoms with Gasteiger partial charge in [-0.3, -0.25) is 9.59 Å². The molecule has 1 fully saturated rings.